The van der Waals surface area contributed by atoms with Crippen LogP contribution in [0.1, 0.15) is 27.4 Å². The fourth-order valence-corrected chi connectivity index (χ4v) is 2.56. The predicted molar refractivity (Wildman–Crippen MR) is 87.5 cm³/mol. The van der Waals surface area contributed by atoms with E-state index in [1.807, 2.05) is 50.4 Å². The smallest absolute Gasteiger partial charge is 0.257 e. The van der Waals surface area contributed by atoms with Crippen LogP contribution in [0.4, 0.5) is 0 Å². The van der Waals surface area contributed by atoms with Crippen LogP contribution in [0.15, 0.2) is 53.2 Å². The SMILES string of the molecule is Cc1cc(C(=O)N(C)Cc2cnn(-c3ccccc3)c2)c(C)o1. The van der Waals surface area contributed by atoms with Crippen LogP contribution >= 0.6 is 0 Å². The fraction of sp³-hybridized carbons (Fsp3) is 0.222. The van der Waals surface area contributed by atoms with E-state index in [-0.39, 0.29) is 5.91 Å². The van der Waals surface area contributed by atoms with Crippen molar-refractivity contribution in [2.24, 2.45) is 0 Å². The summed E-state index contributed by atoms with van der Waals surface area (Å²) in [5.41, 5.74) is 2.58. The first-order valence-corrected chi connectivity index (χ1v) is 7.46. The Morgan fingerprint density at radius 1 is 1.26 bits per heavy atom. The third-order valence-electron chi connectivity index (χ3n) is 3.69. The highest BCUT2D eigenvalue weighted by Crippen LogP contribution is 2.17. The first-order valence-electron chi connectivity index (χ1n) is 7.46. The van der Waals surface area contributed by atoms with Gasteiger partial charge in [0.1, 0.15) is 11.5 Å². The van der Waals surface area contributed by atoms with Crippen LogP contribution in [-0.2, 0) is 6.54 Å². The summed E-state index contributed by atoms with van der Waals surface area (Å²) in [6, 6.07) is 11.7. The van der Waals surface area contributed by atoms with Crippen molar-refractivity contribution in [3.8, 4) is 5.69 Å². The Hall–Kier alpha value is -2.82. The molecule has 0 aliphatic rings. The molecule has 0 bridgehead atoms. The molecule has 0 radical (unpaired) electrons. The molecule has 2 heterocycles. The number of carbonyl (C=O) groups excluding carboxylic acids is 1. The van der Waals surface area contributed by atoms with E-state index in [4.69, 9.17) is 4.42 Å². The molecule has 0 saturated carbocycles. The molecular formula is C18H19N3O2. The molecular weight excluding hydrogens is 290 g/mol. The van der Waals surface area contributed by atoms with E-state index >= 15 is 0 Å². The van der Waals surface area contributed by atoms with E-state index in [1.54, 1.807) is 28.9 Å². The van der Waals surface area contributed by atoms with E-state index in [0.29, 0.717) is 17.9 Å². The fourth-order valence-electron chi connectivity index (χ4n) is 2.56. The summed E-state index contributed by atoms with van der Waals surface area (Å²) in [6.07, 6.45) is 3.72. The summed E-state index contributed by atoms with van der Waals surface area (Å²) in [6.45, 7) is 4.14. The lowest BCUT2D eigenvalue weighted by atomic mass is 10.2. The minimum absolute atomic E-state index is 0.0492. The lowest BCUT2D eigenvalue weighted by molar-refractivity contribution is 0.0783. The van der Waals surface area contributed by atoms with Crippen LogP contribution in [0, 0.1) is 13.8 Å². The number of furan rings is 1. The topological polar surface area (TPSA) is 51.3 Å². The minimum atomic E-state index is -0.0492. The van der Waals surface area contributed by atoms with Gasteiger partial charge >= 0.3 is 0 Å². The molecule has 1 amide bonds. The van der Waals surface area contributed by atoms with E-state index in [9.17, 15) is 4.79 Å². The molecule has 3 rings (SSSR count). The molecule has 1 aromatic carbocycles. The Labute approximate surface area is 135 Å². The average Bonchev–Trinajstić information content (AvgIpc) is 3.13. The van der Waals surface area contributed by atoms with Crippen molar-refractivity contribution in [3.05, 3.63) is 71.4 Å². The number of amides is 1. The predicted octanol–water partition coefficient (Wildman–Crippen LogP) is 3.35. The molecule has 0 N–H and O–H groups in total. The van der Waals surface area contributed by atoms with Crippen molar-refractivity contribution < 1.29 is 9.21 Å². The average molecular weight is 309 g/mol. The van der Waals surface area contributed by atoms with Gasteiger partial charge in [-0.15, -0.1) is 0 Å². The zero-order valence-electron chi connectivity index (χ0n) is 13.5. The highest BCUT2D eigenvalue weighted by molar-refractivity contribution is 5.95. The van der Waals surface area contributed by atoms with Crippen molar-refractivity contribution in [1.29, 1.82) is 0 Å². The second kappa shape index (κ2) is 6.12. The highest BCUT2D eigenvalue weighted by atomic mass is 16.3. The molecule has 5 heteroatoms. The first kappa shape index (κ1) is 15.1. The second-order valence-corrected chi connectivity index (χ2v) is 5.62. The van der Waals surface area contributed by atoms with Gasteiger partial charge in [-0.2, -0.15) is 5.10 Å². The Bertz CT molecular complexity index is 818. The van der Waals surface area contributed by atoms with Gasteiger partial charge in [-0.3, -0.25) is 4.79 Å². The zero-order chi connectivity index (χ0) is 16.4. The van der Waals surface area contributed by atoms with Gasteiger partial charge in [-0.25, -0.2) is 4.68 Å². The van der Waals surface area contributed by atoms with Crippen molar-refractivity contribution in [2.45, 2.75) is 20.4 Å². The molecule has 0 atom stereocenters. The standard InChI is InChI=1S/C18H19N3O2/c1-13-9-17(14(2)23-13)18(22)20(3)11-15-10-19-21(12-15)16-7-5-4-6-8-16/h4-10,12H,11H2,1-3H3. The normalized spacial score (nSPS) is 10.7. The summed E-state index contributed by atoms with van der Waals surface area (Å²) in [5, 5.41) is 4.35. The summed E-state index contributed by atoms with van der Waals surface area (Å²) < 4.78 is 7.24. The quantitative estimate of drug-likeness (QED) is 0.742. The van der Waals surface area contributed by atoms with Crippen LogP contribution < -0.4 is 0 Å². The van der Waals surface area contributed by atoms with Gasteiger partial charge in [-0.05, 0) is 32.0 Å². The number of hydrogen-bond acceptors (Lipinski definition) is 3. The summed E-state index contributed by atoms with van der Waals surface area (Å²) >= 11 is 0. The number of para-hydroxylation sites is 1. The Morgan fingerprint density at radius 3 is 2.65 bits per heavy atom. The molecule has 2 aromatic heterocycles. The van der Waals surface area contributed by atoms with Gasteiger partial charge in [0.05, 0.1) is 17.4 Å². The summed E-state index contributed by atoms with van der Waals surface area (Å²) in [4.78, 5) is 14.2. The molecule has 0 aliphatic carbocycles. The van der Waals surface area contributed by atoms with Crippen molar-refractivity contribution in [2.75, 3.05) is 7.05 Å². The van der Waals surface area contributed by atoms with Gasteiger partial charge < -0.3 is 9.32 Å². The van der Waals surface area contributed by atoms with Crippen molar-refractivity contribution in [1.82, 2.24) is 14.7 Å². The molecule has 23 heavy (non-hydrogen) atoms. The Morgan fingerprint density at radius 2 is 2.00 bits per heavy atom. The molecule has 0 aliphatic heterocycles. The van der Waals surface area contributed by atoms with E-state index in [0.717, 1.165) is 17.0 Å². The van der Waals surface area contributed by atoms with Crippen molar-refractivity contribution >= 4 is 5.91 Å². The molecule has 0 saturated heterocycles. The number of hydrogen-bond donors (Lipinski definition) is 0. The number of rotatable bonds is 4. The number of benzene rings is 1. The Kier molecular flexibility index (Phi) is 4.02. The number of nitrogens with zero attached hydrogens (tertiary/aromatic N) is 3. The van der Waals surface area contributed by atoms with Crippen LogP contribution in [0.3, 0.4) is 0 Å². The lowest BCUT2D eigenvalue weighted by Gasteiger charge is -2.15. The molecule has 0 fully saturated rings. The maximum atomic E-state index is 12.5. The van der Waals surface area contributed by atoms with Gasteiger partial charge in [-0.1, -0.05) is 18.2 Å². The third-order valence-corrected chi connectivity index (χ3v) is 3.69. The second-order valence-electron chi connectivity index (χ2n) is 5.62. The highest BCUT2D eigenvalue weighted by Gasteiger charge is 2.18. The third kappa shape index (κ3) is 3.18. The molecule has 3 aromatic rings. The molecule has 0 unspecified atom stereocenters. The summed E-state index contributed by atoms with van der Waals surface area (Å²) in [7, 11) is 1.78. The number of aryl methyl sites for hydroxylation is 2. The largest absolute Gasteiger partial charge is 0.466 e. The van der Waals surface area contributed by atoms with E-state index in [1.165, 1.54) is 0 Å². The van der Waals surface area contributed by atoms with E-state index < -0.39 is 0 Å². The maximum Gasteiger partial charge on any atom is 0.257 e. The van der Waals surface area contributed by atoms with Crippen LogP contribution in [0.2, 0.25) is 0 Å². The number of aromatic nitrogens is 2. The van der Waals surface area contributed by atoms with Gasteiger partial charge in [0, 0.05) is 25.4 Å². The first-order chi connectivity index (χ1) is 11.0. The lowest BCUT2D eigenvalue weighted by Crippen LogP contribution is -2.26. The van der Waals surface area contributed by atoms with Crippen LogP contribution in [0.25, 0.3) is 5.69 Å². The van der Waals surface area contributed by atoms with Crippen LogP contribution in [0.5, 0.6) is 0 Å². The monoisotopic (exact) mass is 309 g/mol. The van der Waals surface area contributed by atoms with Crippen molar-refractivity contribution in [3.63, 3.8) is 0 Å². The van der Waals surface area contributed by atoms with E-state index in [2.05, 4.69) is 5.10 Å². The molecule has 118 valence electrons. The van der Waals surface area contributed by atoms with Gasteiger partial charge in [0.15, 0.2) is 0 Å². The Balaban J connectivity index is 1.73. The van der Waals surface area contributed by atoms with Gasteiger partial charge in [0.25, 0.3) is 5.91 Å². The number of carbonyl (C=O) groups is 1. The van der Waals surface area contributed by atoms with Crippen LogP contribution in [-0.4, -0.2) is 27.6 Å². The molecule has 0 spiro atoms. The maximum absolute atomic E-state index is 12.5. The van der Waals surface area contributed by atoms with Gasteiger partial charge in [0.2, 0.25) is 0 Å². The zero-order valence-corrected chi connectivity index (χ0v) is 13.5. The minimum Gasteiger partial charge on any atom is -0.466 e. The summed E-state index contributed by atoms with van der Waals surface area (Å²) in [5.74, 6) is 1.35. The molecule has 5 nitrogen and oxygen atoms in total.